The fraction of sp³-hybridized carbons (Fsp3) is 0.147. The Morgan fingerprint density at radius 2 is 1.57 bits per heavy atom. The maximum atomic E-state index is 13.5. The number of aromatic carboxylic acids is 1. The van der Waals surface area contributed by atoms with Gasteiger partial charge in [-0.25, -0.2) is 14.2 Å². The average Bonchev–Trinajstić information content (AvgIpc) is 3.42. The van der Waals surface area contributed by atoms with Crippen LogP contribution in [0.2, 0.25) is 5.02 Å². The lowest BCUT2D eigenvalue weighted by atomic mass is 10.0. The first-order valence-corrected chi connectivity index (χ1v) is 14.7. The Balaban J connectivity index is 1.55. The fourth-order valence-corrected chi connectivity index (χ4v) is 5.13. The third-order valence-corrected chi connectivity index (χ3v) is 7.31. The standard InChI is InChI=1S/C34H32ClN5O7/c1-3-14-39(15-4-2)20-22-10-11-24(35)19-26(22)37-31(42)32(43)38-27(16-21-8-6-5-7-9-21)30(41)36-25-12-13-28-23(17-25)18-29(33(44)45)40(28)34(46)47/h3-13,17-19,27H,1-2,14-16,20H2,(H,36,41)(H,37,42)(H,38,43)(H,44,45)(H,46,47). The summed E-state index contributed by atoms with van der Waals surface area (Å²) in [5.74, 6) is -4.19. The lowest BCUT2D eigenvalue weighted by Crippen LogP contribution is -2.49. The molecule has 242 valence electrons. The highest BCUT2D eigenvalue weighted by Crippen LogP contribution is 2.25. The van der Waals surface area contributed by atoms with Gasteiger partial charge in [0, 0.05) is 47.8 Å². The molecule has 1 atom stereocenters. The van der Waals surface area contributed by atoms with Gasteiger partial charge in [-0.3, -0.25) is 19.3 Å². The van der Waals surface area contributed by atoms with Crippen molar-refractivity contribution in [3.8, 4) is 0 Å². The summed E-state index contributed by atoms with van der Waals surface area (Å²) in [6.45, 7) is 9.04. The van der Waals surface area contributed by atoms with Gasteiger partial charge in [0.2, 0.25) is 5.91 Å². The van der Waals surface area contributed by atoms with Crippen molar-refractivity contribution in [1.82, 2.24) is 14.8 Å². The second-order valence-electron chi connectivity index (χ2n) is 10.5. The van der Waals surface area contributed by atoms with Crippen LogP contribution < -0.4 is 16.0 Å². The number of aromatic nitrogens is 1. The Hall–Kier alpha value is -5.72. The highest BCUT2D eigenvalue weighted by Gasteiger charge is 2.26. The summed E-state index contributed by atoms with van der Waals surface area (Å²) in [5.41, 5.74) is 1.57. The van der Waals surface area contributed by atoms with Gasteiger partial charge >= 0.3 is 23.9 Å². The fourth-order valence-electron chi connectivity index (χ4n) is 4.96. The highest BCUT2D eigenvalue weighted by atomic mass is 35.5. The quantitative estimate of drug-likeness (QED) is 0.0988. The predicted molar refractivity (Wildman–Crippen MR) is 179 cm³/mol. The number of benzene rings is 3. The molecule has 1 aromatic heterocycles. The maximum absolute atomic E-state index is 13.5. The van der Waals surface area contributed by atoms with E-state index in [0.717, 1.165) is 0 Å². The predicted octanol–water partition coefficient (Wildman–Crippen LogP) is 5.00. The van der Waals surface area contributed by atoms with E-state index in [1.807, 2.05) is 4.90 Å². The van der Waals surface area contributed by atoms with Gasteiger partial charge in [0.1, 0.15) is 11.7 Å². The molecule has 0 fully saturated rings. The Kier molecular flexibility index (Phi) is 11.3. The van der Waals surface area contributed by atoms with E-state index in [1.165, 1.54) is 30.3 Å². The zero-order valence-electron chi connectivity index (χ0n) is 25.1. The minimum atomic E-state index is -1.48. The number of fused-ring (bicyclic) bond motifs is 1. The Labute approximate surface area is 274 Å². The average molecular weight is 658 g/mol. The van der Waals surface area contributed by atoms with Gasteiger partial charge in [-0.1, -0.05) is 60.2 Å². The van der Waals surface area contributed by atoms with E-state index in [0.29, 0.717) is 46.0 Å². The molecule has 0 bridgehead atoms. The molecule has 1 heterocycles. The van der Waals surface area contributed by atoms with Crippen LogP contribution in [0.1, 0.15) is 21.6 Å². The van der Waals surface area contributed by atoms with Gasteiger partial charge in [-0.05, 0) is 47.5 Å². The van der Waals surface area contributed by atoms with Crippen molar-refractivity contribution in [1.29, 1.82) is 0 Å². The van der Waals surface area contributed by atoms with E-state index in [9.17, 15) is 34.2 Å². The number of hydrogen-bond acceptors (Lipinski definition) is 6. The molecule has 0 aliphatic carbocycles. The summed E-state index contributed by atoms with van der Waals surface area (Å²) in [6.07, 6.45) is 2.03. The van der Waals surface area contributed by atoms with Crippen LogP contribution in [0.4, 0.5) is 16.2 Å². The summed E-state index contributed by atoms with van der Waals surface area (Å²) >= 11 is 6.20. The molecular weight excluding hydrogens is 626 g/mol. The second-order valence-corrected chi connectivity index (χ2v) is 10.9. The molecule has 3 aromatic carbocycles. The highest BCUT2D eigenvalue weighted by molar-refractivity contribution is 6.40. The topological polar surface area (TPSA) is 170 Å². The molecule has 47 heavy (non-hydrogen) atoms. The molecule has 12 nitrogen and oxygen atoms in total. The number of carboxylic acid groups (broad SMARTS) is 2. The van der Waals surface area contributed by atoms with Crippen LogP contribution in [-0.2, 0) is 27.3 Å². The maximum Gasteiger partial charge on any atom is 0.416 e. The molecule has 4 aromatic rings. The smallest absolute Gasteiger partial charge is 0.416 e. The van der Waals surface area contributed by atoms with Crippen molar-refractivity contribution in [2.24, 2.45) is 0 Å². The SMILES string of the molecule is C=CCN(CC=C)Cc1ccc(Cl)cc1NC(=O)C(=O)NC(Cc1ccccc1)C(=O)Nc1ccc2c(c1)cc(C(=O)O)n2C(=O)O. The van der Waals surface area contributed by atoms with Gasteiger partial charge in [0.25, 0.3) is 0 Å². The van der Waals surface area contributed by atoms with Crippen LogP contribution in [-0.4, -0.2) is 68.6 Å². The van der Waals surface area contributed by atoms with Crippen molar-refractivity contribution in [2.75, 3.05) is 23.7 Å². The number of carbonyl (C=O) groups is 5. The van der Waals surface area contributed by atoms with E-state index in [2.05, 4.69) is 29.1 Å². The molecule has 3 amide bonds. The molecule has 0 spiro atoms. The molecule has 0 saturated carbocycles. The van der Waals surface area contributed by atoms with Crippen LogP contribution in [0.25, 0.3) is 10.9 Å². The summed E-state index contributed by atoms with van der Waals surface area (Å²) in [5, 5.41) is 27.3. The Morgan fingerprint density at radius 3 is 2.21 bits per heavy atom. The third-order valence-electron chi connectivity index (χ3n) is 7.08. The molecule has 5 N–H and O–H groups in total. The monoisotopic (exact) mass is 657 g/mol. The summed E-state index contributed by atoms with van der Waals surface area (Å²) in [7, 11) is 0. The Bertz CT molecular complexity index is 1840. The van der Waals surface area contributed by atoms with Crippen molar-refractivity contribution >= 4 is 63.7 Å². The Morgan fingerprint density at radius 1 is 0.872 bits per heavy atom. The first-order valence-electron chi connectivity index (χ1n) is 14.3. The lowest BCUT2D eigenvalue weighted by molar-refractivity contribution is -0.137. The van der Waals surface area contributed by atoms with E-state index in [-0.39, 0.29) is 23.0 Å². The molecule has 1 unspecified atom stereocenters. The van der Waals surface area contributed by atoms with Crippen molar-refractivity contribution < 1.29 is 34.2 Å². The summed E-state index contributed by atoms with van der Waals surface area (Å²) < 4.78 is 0.627. The van der Waals surface area contributed by atoms with Crippen LogP contribution in [0.3, 0.4) is 0 Å². The normalized spacial score (nSPS) is 11.4. The van der Waals surface area contributed by atoms with Gasteiger partial charge in [-0.15, -0.1) is 13.2 Å². The number of nitrogens with zero attached hydrogens (tertiary/aromatic N) is 2. The number of carboxylic acids is 1. The number of halogens is 1. The number of rotatable bonds is 13. The number of hydrogen-bond donors (Lipinski definition) is 5. The molecule has 0 aliphatic rings. The van der Waals surface area contributed by atoms with Gasteiger partial charge in [0.15, 0.2) is 0 Å². The minimum Gasteiger partial charge on any atom is -0.477 e. The van der Waals surface area contributed by atoms with Gasteiger partial charge in [-0.2, -0.15) is 0 Å². The van der Waals surface area contributed by atoms with E-state index < -0.39 is 41.5 Å². The number of amides is 3. The molecule has 13 heteroatoms. The van der Waals surface area contributed by atoms with Crippen LogP contribution in [0.15, 0.2) is 98.1 Å². The lowest BCUT2D eigenvalue weighted by Gasteiger charge is -2.21. The van der Waals surface area contributed by atoms with Crippen molar-refractivity contribution in [3.05, 3.63) is 120 Å². The van der Waals surface area contributed by atoms with E-state index in [1.54, 1.807) is 54.6 Å². The first kappa shape index (κ1) is 34.2. The van der Waals surface area contributed by atoms with Crippen molar-refractivity contribution in [3.63, 3.8) is 0 Å². The van der Waals surface area contributed by atoms with Crippen LogP contribution in [0.5, 0.6) is 0 Å². The third kappa shape index (κ3) is 8.72. The molecule has 0 saturated heterocycles. The zero-order chi connectivity index (χ0) is 34.1. The number of anilines is 2. The van der Waals surface area contributed by atoms with Crippen LogP contribution >= 0.6 is 11.6 Å². The molecule has 0 radical (unpaired) electrons. The largest absolute Gasteiger partial charge is 0.477 e. The summed E-state index contributed by atoms with van der Waals surface area (Å²) in [4.78, 5) is 65.1. The van der Waals surface area contributed by atoms with Crippen LogP contribution in [0, 0.1) is 0 Å². The minimum absolute atomic E-state index is 0.0347. The van der Waals surface area contributed by atoms with Gasteiger partial charge < -0.3 is 26.2 Å². The second kappa shape index (κ2) is 15.5. The first-order chi connectivity index (χ1) is 22.5. The van der Waals surface area contributed by atoms with Crippen molar-refractivity contribution in [2.45, 2.75) is 19.0 Å². The zero-order valence-corrected chi connectivity index (χ0v) is 25.9. The molecular formula is C34H32ClN5O7. The number of carbonyl (C=O) groups excluding carboxylic acids is 3. The van der Waals surface area contributed by atoms with Gasteiger partial charge in [0.05, 0.1) is 5.52 Å². The molecule has 4 rings (SSSR count). The molecule has 0 aliphatic heterocycles. The number of nitrogens with one attached hydrogen (secondary N) is 3. The van der Waals surface area contributed by atoms with E-state index >= 15 is 0 Å². The summed E-state index contributed by atoms with van der Waals surface area (Å²) in [6, 6.07) is 17.9. The van der Waals surface area contributed by atoms with E-state index in [4.69, 9.17) is 11.6 Å².